The van der Waals surface area contributed by atoms with Crippen LogP contribution in [0.4, 0.5) is 0 Å². The Morgan fingerprint density at radius 3 is 2.57 bits per heavy atom. The molecule has 0 unspecified atom stereocenters. The number of rotatable bonds is 6. The number of ether oxygens (including phenoxy) is 1. The van der Waals surface area contributed by atoms with Crippen LogP contribution in [0.1, 0.15) is 16.1 Å². The quantitative estimate of drug-likeness (QED) is 0.878. The molecule has 5 nitrogen and oxygen atoms in total. The minimum absolute atomic E-state index is 0.214. The molecule has 0 aliphatic rings. The molecular formula is C16H18N2O3. The van der Waals surface area contributed by atoms with Gasteiger partial charge in [0, 0.05) is 26.3 Å². The molecular weight excluding hydrogens is 268 g/mol. The number of carbonyl (C=O) groups is 1. The first-order valence-electron chi connectivity index (χ1n) is 6.72. The summed E-state index contributed by atoms with van der Waals surface area (Å²) in [4.78, 5) is 28.1. The molecule has 110 valence electrons. The van der Waals surface area contributed by atoms with Gasteiger partial charge in [-0.05, 0) is 11.6 Å². The number of benzene rings is 1. The van der Waals surface area contributed by atoms with E-state index < -0.39 is 0 Å². The van der Waals surface area contributed by atoms with Crippen molar-refractivity contribution in [3.05, 3.63) is 70.1 Å². The van der Waals surface area contributed by atoms with Gasteiger partial charge >= 0.3 is 0 Å². The summed E-state index contributed by atoms with van der Waals surface area (Å²) in [5.41, 5.74) is 1.03. The Balaban J connectivity index is 2.18. The second-order valence-electron chi connectivity index (χ2n) is 4.63. The zero-order chi connectivity index (χ0) is 15.1. The fraction of sp³-hybridized carbons (Fsp3) is 0.250. The lowest BCUT2D eigenvalue weighted by Gasteiger charge is -2.22. The highest BCUT2D eigenvalue weighted by atomic mass is 16.5. The van der Waals surface area contributed by atoms with E-state index >= 15 is 0 Å². The van der Waals surface area contributed by atoms with Crippen molar-refractivity contribution >= 4 is 5.91 Å². The van der Waals surface area contributed by atoms with Crippen molar-refractivity contribution in [2.75, 3.05) is 20.3 Å². The number of amides is 1. The Bertz CT molecular complexity index is 637. The van der Waals surface area contributed by atoms with Crippen molar-refractivity contribution in [2.24, 2.45) is 0 Å². The van der Waals surface area contributed by atoms with Gasteiger partial charge in [-0.1, -0.05) is 36.4 Å². The predicted octanol–water partition coefficient (Wildman–Crippen LogP) is 1.66. The van der Waals surface area contributed by atoms with Crippen LogP contribution in [0.3, 0.4) is 0 Å². The Labute approximate surface area is 123 Å². The third-order valence-corrected chi connectivity index (χ3v) is 3.07. The number of aromatic amines is 1. The first-order chi connectivity index (χ1) is 10.2. The Hall–Kier alpha value is -2.40. The normalized spacial score (nSPS) is 10.3. The second-order valence-corrected chi connectivity index (χ2v) is 4.63. The Kier molecular flexibility index (Phi) is 5.29. The minimum Gasteiger partial charge on any atom is -0.383 e. The van der Waals surface area contributed by atoms with Gasteiger partial charge in [0.2, 0.25) is 5.56 Å². The summed E-state index contributed by atoms with van der Waals surface area (Å²) < 4.78 is 5.05. The molecule has 0 saturated heterocycles. The van der Waals surface area contributed by atoms with E-state index in [1.54, 1.807) is 24.1 Å². The highest BCUT2D eigenvalue weighted by molar-refractivity contribution is 5.92. The van der Waals surface area contributed by atoms with Gasteiger partial charge < -0.3 is 14.6 Å². The zero-order valence-electron chi connectivity index (χ0n) is 11.9. The molecule has 0 aliphatic heterocycles. The average molecular weight is 286 g/mol. The molecule has 21 heavy (non-hydrogen) atoms. The highest BCUT2D eigenvalue weighted by Crippen LogP contribution is 2.08. The van der Waals surface area contributed by atoms with E-state index in [0.29, 0.717) is 19.7 Å². The van der Waals surface area contributed by atoms with E-state index in [2.05, 4.69) is 4.98 Å². The number of nitrogens with zero attached hydrogens (tertiary/aromatic N) is 1. The van der Waals surface area contributed by atoms with Gasteiger partial charge in [-0.15, -0.1) is 0 Å². The standard InChI is InChI=1S/C16H18N2O3/c1-21-11-10-18(12-13-6-3-2-4-7-13)16(20)14-8-5-9-15(19)17-14/h2-9H,10-12H2,1H3,(H,17,19). The van der Waals surface area contributed by atoms with Crippen molar-refractivity contribution < 1.29 is 9.53 Å². The van der Waals surface area contributed by atoms with Crippen molar-refractivity contribution in [1.82, 2.24) is 9.88 Å². The fourth-order valence-corrected chi connectivity index (χ4v) is 2.00. The lowest BCUT2D eigenvalue weighted by Crippen LogP contribution is -2.34. The molecule has 0 radical (unpaired) electrons. The smallest absolute Gasteiger partial charge is 0.270 e. The van der Waals surface area contributed by atoms with Gasteiger partial charge in [0.05, 0.1) is 6.61 Å². The number of carbonyl (C=O) groups excluding carboxylic acids is 1. The Morgan fingerprint density at radius 2 is 1.90 bits per heavy atom. The van der Waals surface area contributed by atoms with Gasteiger partial charge in [0.25, 0.3) is 5.91 Å². The zero-order valence-corrected chi connectivity index (χ0v) is 11.9. The van der Waals surface area contributed by atoms with Gasteiger partial charge in [-0.25, -0.2) is 0 Å². The lowest BCUT2D eigenvalue weighted by atomic mass is 10.2. The third-order valence-electron chi connectivity index (χ3n) is 3.07. The lowest BCUT2D eigenvalue weighted by molar-refractivity contribution is 0.0674. The summed E-state index contributed by atoms with van der Waals surface area (Å²) in [5, 5.41) is 0. The number of hydrogen-bond acceptors (Lipinski definition) is 3. The maximum absolute atomic E-state index is 12.5. The molecule has 1 N–H and O–H groups in total. The van der Waals surface area contributed by atoms with Crippen molar-refractivity contribution in [2.45, 2.75) is 6.54 Å². The molecule has 5 heteroatoms. The molecule has 0 saturated carbocycles. The number of hydrogen-bond donors (Lipinski definition) is 1. The summed E-state index contributed by atoms with van der Waals surface area (Å²) >= 11 is 0. The summed E-state index contributed by atoms with van der Waals surface area (Å²) in [5.74, 6) is -0.214. The van der Waals surface area contributed by atoms with E-state index in [0.717, 1.165) is 5.56 Å². The molecule has 1 aromatic heterocycles. The largest absolute Gasteiger partial charge is 0.383 e. The number of nitrogens with one attached hydrogen (secondary N) is 1. The topological polar surface area (TPSA) is 62.4 Å². The molecule has 1 amide bonds. The van der Waals surface area contributed by atoms with Gasteiger partial charge in [0.15, 0.2) is 0 Å². The van der Waals surface area contributed by atoms with E-state index in [1.165, 1.54) is 6.07 Å². The monoisotopic (exact) mass is 286 g/mol. The summed E-state index contributed by atoms with van der Waals surface area (Å²) in [6.07, 6.45) is 0. The van der Waals surface area contributed by atoms with Crippen LogP contribution in [-0.2, 0) is 11.3 Å². The average Bonchev–Trinajstić information content (AvgIpc) is 2.51. The summed E-state index contributed by atoms with van der Waals surface area (Å²) in [7, 11) is 1.59. The van der Waals surface area contributed by atoms with Crippen LogP contribution in [0, 0.1) is 0 Å². The predicted molar refractivity (Wildman–Crippen MR) is 80.1 cm³/mol. The molecule has 0 atom stereocenters. The maximum atomic E-state index is 12.5. The van der Waals surface area contributed by atoms with Crippen LogP contribution in [0.25, 0.3) is 0 Å². The molecule has 0 bridgehead atoms. The fourth-order valence-electron chi connectivity index (χ4n) is 2.00. The van der Waals surface area contributed by atoms with Gasteiger partial charge in [0.1, 0.15) is 5.69 Å². The van der Waals surface area contributed by atoms with Crippen molar-refractivity contribution in [3.63, 3.8) is 0 Å². The number of pyridine rings is 1. The van der Waals surface area contributed by atoms with Crippen LogP contribution >= 0.6 is 0 Å². The van der Waals surface area contributed by atoms with Crippen LogP contribution in [0.5, 0.6) is 0 Å². The second kappa shape index (κ2) is 7.40. The SMILES string of the molecule is COCCN(Cc1ccccc1)C(=O)c1cccc(=O)[nH]1. The van der Waals surface area contributed by atoms with Gasteiger partial charge in [-0.2, -0.15) is 0 Å². The molecule has 2 rings (SSSR count). The van der Waals surface area contributed by atoms with Crippen LogP contribution in [-0.4, -0.2) is 36.1 Å². The van der Waals surface area contributed by atoms with Crippen LogP contribution in [0.2, 0.25) is 0 Å². The van der Waals surface area contributed by atoms with Crippen molar-refractivity contribution in [1.29, 1.82) is 0 Å². The van der Waals surface area contributed by atoms with Gasteiger partial charge in [-0.3, -0.25) is 9.59 Å². The molecule has 0 aliphatic carbocycles. The summed E-state index contributed by atoms with van der Waals surface area (Å²) in [6, 6.07) is 14.3. The number of H-pyrrole nitrogens is 1. The molecule has 0 spiro atoms. The minimum atomic E-state index is -0.285. The first kappa shape index (κ1) is 15.0. The molecule has 0 fully saturated rings. The maximum Gasteiger partial charge on any atom is 0.270 e. The molecule has 2 aromatic rings. The van der Waals surface area contributed by atoms with E-state index in [9.17, 15) is 9.59 Å². The van der Waals surface area contributed by atoms with Crippen LogP contribution < -0.4 is 5.56 Å². The van der Waals surface area contributed by atoms with Crippen LogP contribution in [0.15, 0.2) is 53.3 Å². The van der Waals surface area contributed by atoms with E-state index in [-0.39, 0.29) is 17.2 Å². The summed E-state index contributed by atoms with van der Waals surface area (Å²) in [6.45, 7) is 1.37. The third kappa shape index (κ3) is 4.29. The number of aromatic nitrogens is 1. The van der Waals surface area contributed by atoms with E-state index in [1.807, 2.05) is 30.3 Å². The Morgan fingerprint density at radius 1 is 1.14 bits per heavy atom. The molecule has 1 heterocycles. The molecule has 1 aromatic carbocycles. The number of methoxy groups -OCH3 is 1. The van der Waals surface area contributed by atoms with E-state index in [4.69, 9.17) is 4.74 Å². The van der Waals surface area contributed by atoms with Crippen molar-refractivity contribution in [3.8, 4) is 0 Å². The highest BCUT2D eigenvalue weighted by Gasteiger charge is 2.16. The first-order valence-corrected chi connectivity index (χ1v) is 6.72.